The number of fused-ring (bicyclic) bond motifs is 1. The molecule has 2 aromatic heterocycles. The van der Waals surface area contributed by atoms with Crippen LogP contribution in [0, 0.1) is 0 Å². The number of rotatable bonds is 5. The van der Waals surface area contributed by atoms with Gasteiger partial charge in [0.2, 0.25) is 5.91 Å². The summed E-state index contributed by atoms with van der Waals surface area (Å²) in [5, 5.41) is 11.8. The van der Waals surface area contributed by atoms with Gasteiger partial charge in [-0.05, 0) is 36.4 Å². The van der Waals surface area contributed by atoms with Crippen LogP contribution in [0.15, 0.2) is 54.7 Å². The molecule has 0 aliphatic rings. The molecule has 0 saturated carbocycles. The molecule has 0 aliphatic carbocycles. The number of anilines is 1. The molecule has 2 heterocycles. The molecule has 0 atom stereocenters. The summed E-state index contributed by atoms with van der Waals surface area (Å²) < 4.78 is 1.58. The highest BCUT2D eigenvalue weighted by molar-refractivity contribution is 6.00. The second-order valence-corrected chi connectivity index (χ2v) is 5.49. The number of pyridine rings is 1. The summed E-state index contributed by atoms with van der Waals surface area (Å²) in [5.74, 6) is -1.10. The van der Waals surface area contributed by atoms with Crippen molar-refractivity contribution in [2.24, 2.45) is 0 Å². The van der Waals surface area contributed by atoms with Crippen LogP contribution >= 0.6 is 0 Å². The zero-order valence-corrected chi connectivity index (χ0v) is 14.0. The van der Waals surface area contributed by atoms with Crippen LogP contribution in [0.4, 0.5) is 5.69 Å². The third kappa shape index (κ3) is 3.86. The summed E-state index contributed by atoms with van der Waals surface area (Å²) >= 11 is 0. The Hall–Kier alpha value is -3.68. The minimum Gasteiger partial charge on any atom is -0.355 e. The van der Waals surface area contributed by atoms with Crippen molar-refractivity contribution in [3.63, 3.8) is 0 Å². The van der Waals surface area contributed by atoms with Gasteiger partial charge in [0, 0.05) is 24.5 Å². The van der Waals surface area contributed by atoms with Gasteiger partial charge in [-0.25, -0.2) is 4.52 Å². The van der Waals surface area contributed by atoms with E-state index in [4.69, 9.17) is 0 Å². The fourth-order valence-electron chi connectivity index (χ4n) is 2.39. The maximum Gasteiger partial charge on any atom is 0.272 e. The van der Waals surface area contributed by atoms with Crippen LogP contribution in [-0.2, 0) is 4.79 Å². The number of aromatic nitrogens is 2. The van der Waals surface area contributed by atoms with Crippen LogP contribution in [0.1, 0.15) is 20.8 Å². The molecule has 0 aliphatic heterocycles. The first-order chi connectivity index (χ1) is 12.6. The van der Waals surface area contributed by atoms with E-state index in [-0.39, 0.29) is 18.1 Å². The van der Waals surface area contributed by atoms with E-state index in [2.05, 4.69) is 21.0 Å². The molecule has 3 amide bonds. The molecule has 8 nitrogen and oxygen atoms in total. The second kappa shape index (κ2) is 7.47. The zero-order valence-electron chi connectivity index (χ0n) is 14.0. The summed E-state index contributed by atoms with van der Waals surface area (Å²) in [7, 11) is 1.53. The molecule has 3 rings (SSSR count). The molecular formula is C18H17N5O3. The molecule has 0 fully saturated rings. The number of nitrogens with zero attached hydrogens (tertiary/aromatic N) is 2. The van der Waals surface area contributed by atoms with Gasteiger partial charge < -0.3 is 16.0 Å². The lowest BCUT2D eigenvalue weighted by Gasteiger charge is -2.07. The predicted octanol–water partition coefficient (Wildman–Crippen LogP) is 1.06. The number of hydrogen-bond acceptors (Lipinski definition) is 4. The Morgan fingerprint density at radius 3 is 2.65 bits per heavy atom. The lowest BCUT2D eigenvalue weighted by atomic mass is 10.2. The molecule has 132 valence electrons. The molecule has 3 aromatic rings. The first kappa shape index (κ1) is 17.2. The maximum absolute atomic E-state index is 12.1. The van der Waals surface area contributed by atoms with E-state index in [0.717, 1.165) is 5.52 Å². The van der Waals surface area contributed by atoms with Crippen molar-refractivity contribution in [3.05, 3.63) is 66.0 Å². The lowest BCUT2D eigenvalue weighted by Crippen LogP contribution is -2.33. The van der Waals surface area contributed by atoms with Crippen LogP contribution in [0.3, 0.4) is 0 Å². The standard InChI is InChI=1S/C18H17N5O3/c1-19-17(25)12-5-4-6-13(9-12)21-16(24)11-20-18(26)15-10-14-7-2-3-8-23(14)22-15/h2-10H,11H2,1H3,(H,19,25)(H,20,26)(H,21,24). The summed E-state index contributed by atoms with van der Waals surface area (Å²) in [6, 6.07) is 13.6. The molecule has 3 N–H and O–H groups in total. The number of benzene rings is 1. The Balaban J connectivity index is 1.58. The second-order valence-electron chi connectivity index (χ2n) is 5.49. The van der Waals surface area contributed by atoms with Crippen molar-refractivity contribution >= 4 is 28.9 Å². The molecule has 0 unspecified atom stereocenters. The fraction of sp³-hybridized carbons (Fsp3) is 0.111. The van der Waals surface area contributed by atoms with Gasteiger partial charge in [-0.1, -0.05) is 12.1 Å². The quantitative estimate of drug-likeness (QED) is 0.639. The van der Waals surface area contributed by atoms with E-state index in [1.807, 2.05) is 18.2 Å². The van der Waals surface area contributed by atoms with Crippen LogP contribution in [-0.4, -0.2) is 40.9 Å². The van der Waals surface area contributed by atoms with Gasteiger partial charge >= 0.3 is 0 Å². The number of amides is 3. The third-order valence-electron chi connectivity index (χ3n) is 3.65. The Kier molecular flexibility index (Phi) is 4.93. The fourth-order valence-corrected chi connectivity index (χ4v) is 2.39. The molecule has 0 saturated heterocycles. The van der Waals surface area contributed by atoms with E-state index in [9.17, 15) is 14.4 Å². The van der Waals surface area contributed by atoms with E-state index >= 15 is 0 Å². The molecule has 0 radical (unpaired) electrons. The van der Waals surface area contributed by atoms with E-state index < -0.39 is 11.8 Å². The lowest BCUT2D eigenvalue weighted by molar-refractivity contribution is -0.115. The zero-order chi connectivity index (χ0) is 18.5. The normalized spacial score (nSPS) is 10.3. The average Bonchev–Trinajstić information content (AvgIpc) is 3.10. The van der Waals surface area contributed by atoms with Gasteiger partial charge in [-0.15, -0.1) is 0 Å². The van der Waals surface area contributed by atoms with Crippen LogP contribution in [0.5, 0.6) is 0 Å². The van der Waals surface area contributed by atoms with Crippen molar-refractivity contribution in [2.45, 2.75) is 0 Å². The Labute approximate surface area is 149 Å². The smallest absolute Gasteiger partial charge is 0.272 e. The minimum atomic E-state index is -0.442. The van der Waals surface area contributed by atoms with Gasteiger partial charge in [0.25, 0.3) is 11.8 Å². The van der Waals surface area contributed by atoms with Crippen LogP contribution in [0.25, 0.3) is 5.52 Å². The van der Waals surface area contributed by atoms with Gasteiger partial charge in [0.05, 0.1) is 12.1 Å². The summed E-state index contributed by atoms with van der Waals surface area (Å²) in [6.07, 6.45) is 1.73. The van der Waals surface area contributed by atoms with Gasteiger partial charge in [-0.2, -0.15) is 5.10 Å². The SMILES string of the molecule is CNC(=O)c1cccc(NC(=O)CNC(=O)c2cc3ccccn3n2)c1. The molecule has 26 heavy (non-hydrogen) atoms. The summed E-state index contributed by atoms with van der Waals surface area (Å²) in [6.45, 7) is -0.211. The van der Waals surface area contributed by atoms with Crippen molar-refractivity contribution in [1.29, 1.82) is 0 Å². The number of nitrogens with one attached hydrogen (secondary N) is 3. The van der Waals surface area contributed by atoms with Crippen LogP contribution in [0.2, 0.25) is 0 Å². The van der Waals surface area contributed by atoms with Gasteiger partial charge in [0.15, 0.2) is 5.69 Å². The molecule has 0 bridgehead atoms. The highest BCUT2D eigenvalue weighted by Gasteiger charge is 2.12. The topological polar surface area (TPSA) is 105 Å². The van der Waals surface area contributed by atoms with Gasteiger partial charge in [0.1, 0.15) is 0 Å². The predicted molar refractivity (Wildman–Crippen MR) is 96.0 cm³/mol. The molecule has 8 heteroatoms. The monoisotopic (exact) mass is 351 g/mol. The first-order valence-electron chi connectivity index (χ1n) is 7.91. The van der Waals surface area contributed by atoms with Crippen LogP contribution < -0.4 is 16.0 Å². The molecule has 1 aromatic carbocycles. The van der Waals surface area contributed by atoms with E-state index in [0.29, 0.717) is 11.3 Å². The largest absolute Gasteiger partial charge is 0.355 e. The minimum absolute atomic E-state index is 0.211. The first-order valence-corrected chi connectivity index (χ1v) is 7.91. The van der Waals surface area contributed by atoms with E-state index in [1.165, 1.54) is 7.05 Å². The van der Waals surface area contributed by atoms with Crippen molar-refractivity contribution < 1.29 is 14.4 Å². The van der Waals surface area contributed by atoms with Crippen molar-refractivity contribution in [3.8, 4) is 0 Å². The highest BCUT2D eigenvalue weighted by atomic mass is 16.2. The molecular weight excluding hydrogens is 334 g/mol. The highest BCUT2D eigenvalue weighted by Crippen LogP contribution is 2.10. The summed E-state index contributed by atoms with van der Waals surface area (Å²) in [4.78, 5) is 35.8. The van der Waals surface area contributed by atoms with Crippen molar-refractivity contribution in [1.82, 2.24) is 20.2 Å². The maximum atomic E-state index is 12.1. The van der Waals surface area contributed by atoms with E-state index in [1.54, 1.807) is 41.0 Å². The molecule has 0 spiro atoms. The Morgan fingerprint density at radius 2 is 1.88 bits per heavy atom. The Morgan fingerprint density at radius 1 is 1.04 bits per heavy atom. The Bertz CT molecular complexity index is 947. The van der Waals surface area contributed by atoms with Crippen molar-refractivity contribution in [2.75, 3.05) is 18.9 Å². The number of hydrogen-bond donors (Lipinski definition) is 3. The number of carbonyl (C=O) groups is 3. The average molecular weight is 351 g/mol. The third-order valence-corrected chi connectivity index (χ3v) is 3.65. The summed E-state index contributed by atoms with van der Waals surface area (Å²) in [5.41, 5.74) is 1.91. The van der Waals surface area contributed by atoms with Gasteiger partial charge in [-0.3, -0.25) is 14.4 Å². The number of carbonyl (C=O) groups excluding carboxylic acids is 3.